The van der Waals surface area contributed by atoms with E-state index in [4.69, 9.17) is 0 Å². The van der Waals surface area contributed by atoms with Gasteiger partial charge in [-0.25, -0.2) is 4.79 Å². The predicted molar refractivity (Wildman–Crippen MR) is 104 cm³/mol. The van der Waals surface area contributed by atoms with Gasteiger partial charge >= 0.3 is 6.03 Å². The fourth-order valence-electron chi connectivity index (χ4n) is 3.16. The molecule has 0 unspecified atom stereocenters. The summed E-state index contributed by atoms with van der Waals surface area (Å²) in [5, 5.41) is 2.96. The van der Waals surface area contributed by atoms with Crippen LogP contribution in [0.1, 0.15) is 25.0 Å². The second kappa shape index (κ2) is 7.94. The molecule has 0 saturated carbocycles. The summed E-state index contributed by atoms with van der Waals surface area (Å²) in [6.07, 6.45) is 0. The molecular weight excluding hydrogens is 352 g/mol. The summed E-state index contributed by atoms with van der Waals surface area (Å²) in [5.41, 5.74) is 2.85. The molecule has 7 nitrogen and oxygen atoms in total. The van der Waals surface area contributed by atoms with Crippen molar-refractivity contribution in [2.45, 2.75) is 33.7 Å². The highest BCUT2D eigenvalue weighted by molar-refractivity contribution is 7.87. The summed E-state index contributed by atoms with van der Waals surface area (Å²) < 4.78 is 28.3. The van der Waals surface area contributed by atoms with Crippen molar-refractivity contribution in [1.29, 1.82) is 0 Å². The Kier molecular flexibility index (Phi) is 6.31. The number of nitrogens with one attached hydrogen (secondary N) is 2. The quantitative estimate of drug-likeness (QED) is 0.819. The number of aryl methyl sites for hydroxylation is 2. The fraction of sp³-hybridized carbons (Fsp3) is 0.611. The molecule has 1 aromatic rings. The van der Waals surface area contributed by atoms with Crippen LogP contribution in [-0.4, -0.2) is 56.9 Å². The highest BCUT2D eigenvalue weighted by atomic mass is 32.2. The number of carbonyl (C=O) groups excluding carboxylic acids is 1. The Morgan fingerprint density at radius 3 is 2.46 bits per heavy atom. The Morgan fingerprint density at radius 1 is 1.23 bits per heavy atom. The van der Waals surface area contributed by atoms with E-state index in [0.29, 0.717) is 13.1 Å². The van der Waals surface area contributed by atoms with Crippen LogP contribution in [0.2, 0.25) is 0 Å². The van der Waals surface area contributed by atoms with Gasteiger partial charge in [-0.05, 0) is 42.9 Å². The number of hydrogen-bond donors (Lipinski definition) is 2. The maximum atomic E-state index is 12.7. The number of rotatable bonds is 5. The lowest BCUT2D eigenvalue weighted by molar-refractivity contribution is 0.219. The minimum Gasteiger partial charge on any atom is -0.323 e. The van der Waals surface area contributed by atoms with Crippen LogP contribution in [0.5, 0.6) is 0 Å². The van der Waals surface area contributed by atoms with Gasteiger partial charge in [-0.2, -0.15) is 17.4 Å². The Morgan fingerprint density at radius 2 is 1.88 bits per heavy atom. The SMILES string of the molecule is Cc1ccc(C)c(NC(=O)N2C[C@H](NS(=O)(=O)N(C)C)[C@@H](C(C)C)C2)c1. The number of anilines is 1. The van der Waals surface area contributed by atoms with Gasteiger partial charge in [0.2, 0.25) is 0 Å². The van der Waals surface area contributed by atoms with E-state index < -0.39 is 10.2 Å². The molecule has 1 aromatic carbocycles. The molecule has 0 bridgehead atoms. The monoisotopic (exact) mass is 382 g/mol. The van der Waals surface area contributed by atoms with Crippen molar-refractivity contribution in [2.75, 3.05) is 32.5 Å². The highest BCUT2D eigenvalue weighted by Gasteiger charge is 2.39. The molecule has 2 rings (SSSR count). The summed E-state index contributed by atoms with van der Waals surface area (Å²) in [5.74, 6) is 0.317. The first kappa shape index (κ1) is 20.7. The van der Waals surface area contributed by atoms with Crippen molar-refractivity contribution in [3.8, 4) is 0 Å². The van der Waals surface area contributed by atoms with Crippen molar-refractivity contribution in [3.63, 3.8) is 0 Å². The third-order valence-corrected chi connectivity index (χ3v) is 6.49. The van der Waals surface area contributed by atoms with E-state index in [2.05, 4.69) is 10.0 Å². The Hall–Kier alpha value is -1.64. The molecule has 0 aromatic heterocycles. The van der Waals surface area contributed by atoms with E-state index in [1.54, 1.807) is 4.90 Å². The molecule has 0 radical (unpaired) electrons. The van der Waals surface area contributed by atoms with E-state index in [1.807, 2.05) is 45.9 Å². The smallest absolute Gasteiger partial charge is 0.321 e. The van der Waals surface area contributed by atoms with Crippen LogP contribution in [0.3, 0.4) is 0 Å². The maximum absolute atomic E-state index is 12.7. The summed E-state index contributed by atoms with van der Waals surface area (Å²) in [6, 6.07) is 5.42. The topological polar surface area (TPSA) is 81.8 Å². The lowest BCUT2D eigenvalue weighted by Crippen LogP contribution is -2.47. The molecule has 0 aliphatic carbocycles. The first-order chi connectivity index (χ1) is 12.0. The van der Waals surface area contributed by atoms with E-state index in [0.717, 1.165) is 21.1 Å². The molecule has 146 valence electrons. The molecule has 26 heavy (non-hydrogen) atoms. The number of likely N-dealkylation sites (tertiary alicyclic amines) is 1. The Labute approximate surface area is 156 Å². The third-order valence-electron chi connectivity index (χ3n) is 4.92. The lowest BCUT2D eigenvalue weighted by Gasteiger charge is -2.24. The second-order valence-corrected chi connectivity index (χ2v) is 9.49. The normalized spacial score (nSPS) is 20.8. The van der Waals surface area contributed by atoms with Gasteiger partial charge < -0.3 is 10.2 Å². The van der Waals surface area contributed by atoms with Crippen LogP contribution < -0.4 is 10.0 Å². The van der Waals surface area contributed by atoms with Gasteiger partial charge in [-0.3, -0.25) is 0 Å². The van der Waals surface area contributed by atoms with Gasteiger partial charge in [-0.1, -0.05) is 26.0 Å². The Bertz CT molecular complexity index is 762. The van der Waals surface area contributed by atoms with Crippen LogP contribution in [0.15, 0.2) is 18.2 Å². The number of hydrogen-bond acceptors (Lipinski definition) is 3. The first-order valence-electron chi connectivity index (χ1n) is 8.84. The zero-order valence-electron chi connectivity index (χ0n) is 16.4. The molecular formula is C18H30N4O3S. The molecule has 8 heteroatoms. The van der Waals surface area contributed by atoms with Gasteiger partial charge in [-0.15, -0.1) is 0 Å². The summed E-state index contributed by atoms with van der Waals surface area (Å²) >= 11 is 0. The van der Waals surface area contributed by atoms with Crippen molar-refractivity contribution in [1.82, 2.24) is 13.9 Å². The zero-order chi connectivity index (χ0) is 19.6. The molecule has 2 N–H and O–H groups in total. The average Bonchev–Trinajstić information content (AvgIpc) is 2.94. The number of benzene rings is 1. The third kappa shape index (κ3) is 4.75. The first-order valence-corrected chi connectivity index (χ1v) is 10.3. The van der Waals surface area contributed by atoms with E-state index in [-0.39, 0.29) is 23.9 Å². The largest absolute Gasteiger partial charge is 0.323 e. The van der Waals surface area contributed by atoms with Crippen molar-refractivity contribution in [2.24, 2.45) is 11.8 Å². The van der Waals surface area contributed by atoms with Crippen LogP contribution in [0.4, 0.5) is 10.5 Å². The number of nitrogens with zero attached hydrogens (tertiary/aromatic N) is 2. The second-order valence-electron chi connectivity index (χ2n) is 7.57. The molecule has 1 fully saturated rings. The van der Waals surface area contributed by atoms with E-state index in [1.165, 1.54) is 14.1 Å². The van der Waals surface area contributed by atoms with E-state index >= 15 is 0 Å². The lowest BCUT2D eigenvalue weighted by atomic mass is 9.92. The van der Waals surface area contributed by atoms with Crippen molar-refractivity contribution in [3.05, 3.63) is 29.3 Å². The van der Waals surface area contributed by atoms with Crippen LogP contribution in [0.25, 0.3) is 0 Å². The number of urea groups is 1. The average molecular weight is 383 g/mol. The van der Waals surface area contributed by atoms with Crippen molar-refractivity contribution < 1.29 is 13.2 Å². The minimum atomic E-state index is -3.54. The molecule has 1 saturated heterocycles. The summed E-state index contributed by atoms with van der Waals surface area (Å²) in [4.78, 5) is 14.4. The van der Waals surface area contributed by atoms with E-state index in [9.17, 15) is 13.2 Å². The molecule has 0 spiro atoms. The van der Waals surface area contributed by atoms with Crippen LogP contribution >= 0.6 is 0 Å². The number of carbonyl (C=O) groups is 1. The molecule has 1 aliphatic rings. The summed E-state index contributed by atoms with van der Waals surface area (Å²) in [7, 11) is -0.558. The minimum absolute atomic E-state index is 0.0640. The van der Waals surface area contributed by atoms with Crippen molar-refractivity contribution >= 4 is 21.9 Å². The van der Waals surface area contributed by atoms with Gasteiger partial charge in [0.15, 0.2) is 0 Å². The predicted octanol–water partition coefficient (Wildman–Crippen LogP) is 2.19. The summed E-state index contributed by atoms with van der Waals surface area (Å²) in [6.45, 7) is 8.90. The number of amides is 2. The van der Waals surface area contributed by atoms with Gasteiger partial charge in [0, 0.05) is 38.9 Å². The molecule has 1 aliphatic heterocycles. The maximum Gasteiger partial charge on any atom is 0.321 e. The Balaban J connectivity index is 2.13. The molecule has 1 heterocycles. The standard InChI is InChI=1S/C18H30N4O3S/c1-12(2)15-10-22(11-17(15)20-26(24,25)21(5)6)18(23)19-16-9-13(3)7-8-14(16)4/h7-9,12,15,17,20H,10-11H2,1-6H3,(H,19,23)/t15-,17+/m1/s1. The van der Waals surface area contributed by atoms with Gasteiger partial charge in [0.1, 0.15) is 0 Å². The van der Waals surface area contributed by atoms with Crippen LogP contribution in [-0.2, 0) is 10.2 Å². The zero-order valence-corrected chi connectivity index (χ0v) is 17.2. The fourth-order valence-corrected chi connectivity index (χ4v) is 4.00. The highest BCUT2D eigenvalue weighted by Crippen LogP contribution is 2.26. The van der Waals surface area contributed by atoms with Crippen LogP contribution in [0, 0.1) is 25.7 Å². The molecule has 2 atom stereocenters. The van der Waals surface area contributed by atoms with Gasteiger partial charge in [0.05, 0.1) is 0 Å². The molecule has 2 amide bonds. The van der Waals surface area contributed by atoms with Gasteiger partial charge in [0.25, 0.3) is 10.2 Å².